The van der Waals surface area contributed by atoms with Crippen LogP contribution in [0.3, 0.4) is 0 Å². The molecule has 0 amide bonds. The lowest BCUT2D eigenvalue weighted by Gasteiger charge is -2.36. The predicted molar refractivity (Wildman–Crippen MR) is 141 cm³/mol. The molecule has 2 heterocycles. The van der Waals surface area contributed by atoms with E-state index in [4.69, 9.17) is 19.4 Å². The Bertz CT molecular complexity index is 1240. The van der Waals surface area contributed by atoms with Crippen molar-refractivity contribution in [2.24, 2.45) is 0 Å². The Labute approximate surface area is 207 Å². The lowest BCUT2D eigenvalue weighted by Crippen LogP contribution is -2.46. The Balaban J connectivity index is 1.12. The van der Waals surface area contributed by atoms with Crippen molar-refractivity contribution in [2.75, 3.05) is 51.3 Å². The van der Waals surface area contributed by atoms with Gasteiger partial charge in [-0.3, -0.25) is 4.90 Å². The first-order valence-electron chi connectivity index (χ1n) is 12.4. The van der Waals surface area contributed by atoms with Crippen LogP contribution in [0.15, 0.2) is 78.9 Å². The van der Waals surface area contributed by atoms with Crippen molar-refractivity contribution in [3.8, 4) is 23.0 Å². The number of benzene rings is 3. The lowest BCUT2D eigenvalue weighted by molar-refractivity contribution is 0.237. The summed E-state index contributed by atoms with van der Waals surface area (Å²) < 4.78 is 11.7. The van der Waals surface area contributed by atoms with Crippen LogP contribution in [0.1, 0.15) is 12.8 Å². The van der Waals surface area contributed by atoms with Gasteiger partial charge in [-0.2, -0.15) is 4.98 Å². The molecule has 0 radical (unpaired) electrons. The van der Waals surface area contributed by atoms with E-state index in [1.54, 1.807) is 7.11 Å². The van der Waals surface area contributed by atoms with E-state index in [2.05, 4.69) is 21.9 Å². The zero-order valence-electron chi connectivity index (χ0n) is 20.3. The number of methoxy groups -OCH3 is 1. The fraction of sp³-hybridized carbons (Fsp3) is 0.310. The lowest BCUT2D eigenvalue weighted by atomic mass is 10.2. The van der Waals surface area contributed by atoms with Crippen molar-refractivity contribution >= 4 is 16.6 Å². The van der Waals surface area contributed by atoms with Crippen LogP contribution >= 0.6 is 0 Å². The number of aromatic nitrogens is 2. The molecule has 3 aromatic carbocycles. The van der Waals surface area contributed by atoms with E-state index in [0.717, 1.165) is 67.8 Å². The number of para-hydroxylation sites is 3. The van der Waals surface area contributed by atoms with Gasteiger partial charge in [0.2, 0.25) is 5.88 Å². The monoisotopic (exact) mass is 468 g/mol. The summed E-state index contributed by atoms with van der Waals surface area (Å²) in [6, 6.07) is 26.4. The summed E-state index contributed by atoms with van der Waals surface area (Å²) in [5.41, 5.74) is 3.09. The summed E-state index contributed by atoms with van der Waals surface area (Å²) in [5.74, 6) is 2.32. The molecule has 0 spiro atoms. The third kappa shape index (κ3) is 5.54. The molecule has 0 unspecified atom stereocenters. The highest BCUT2D eigenvalue weighted by Gasteiger charge is 2.19. The van der Waals surface area contributed by atoms with E-state index in [1.807, 2.05) is 66.7 Å². The second kappa shape index (κ2) is 11.2. The van der Waals surface area contributed by atoms with Crippen LogP contribution in [-0.4, -0.2) is 61.3 Å². The number of nitrogens with zero attached hydrogens (tertiary/aromatic N) is 4. The minimum Gasteiger partial charge on any atom is -0.495 e. The largest absolute Gasteiger partial charge is 0.495 e. The number of hydrogen-bond donors (Lipinski definition) is 0. The highest BCUT2D eigenvalue weighted by Crippen LogP contribution is 2.29. The van der Waals surface area contributed by atoms with Gasteiger partial charge >= 0.3 is 0 Å². The number of hydrogen-bond acceptors (Lipinski definition) is 6. The standard InChI is InChI=1S/C29H32N4O2/c1-34-27-16-8-7-15-26(27)33-20-18-32(19-21-33)17-9-10-22-35-29-24-13-5-6-14-25(24)30-28(31-29)23-11-3-2-4-12-23/h2-8,11-16H,9-10,17-22H2,1H3. The second-order valence-corrected chi connectivity index (χ2v) is 8.79. The van der Waals surface area contributed by atoms with Crippen molar-refractivity contribution in [1.82, 2.24) is 14.9 Å². The van der Waals surface area contributed by atoms with E-state index >= 15 is 0 Å². The summed E-state index contributed by atoms with van der Waals surface area (Å²) in [4.78, 5) is 14.5. The van der Waals surface area contributed by atoms with Crippen molar-refractivity contribution in [3.63, 3.8) is 0 Å². The van der Waals surface area contributed by atoms with Gasteiger partial charge in [-0.05, 0) is 43.7 Å². The number of rotatable bonds is 9. The first-order valence-corrected chi connectivity index (χ1v) is 12.4. The van der Waals surface area contributed by atoms with Crippen LogP contribution in [-0.2, 0) is 0 Å². The van der Waals surface area contributed by atoms with Gasteiger partial charge in [0.25, 0.3) is 0 Å². The molecular formula is C29H32N4O2. The number of piperazine rings is 1. The molecule has 1 fully saturated rings. The average molecular weight is 469 g/mol. The first-order chi connectivity index (χ1) is 17.3. The van der Waals surface area contributed by atoms with Crippen LogP contribution in [0, 0.1) is 0 Å². The highest BCUT2D eigenvalue weighted by molar-refractivity contribution is 5.85. The molecule has 1 aliphatic rings. The SMILES string of the molecule is COc1ccccc1N1CCN(CCCCOc2nc(-c3ccccc3)nc3ccccc23)CC1. The van der Waals surface area contributed by atoms with Gasteiger partial charge in [0.1, 0.15) is 5.75 Å². The number of unbranched alkanes of at least 4 members (excludes halogenated alkanes) is 1. The maximum atomic E-state index is 6.18. The molecule has 6 nitrogen and oxygen atoms in total. The molecule has 0 aliphatic carbocycles. The van der Waals surface area contributed by atoms with Gasteiger partial charge in [-0.15, -0.1) is 0 Å². The molecule has 5 rings (SSSR count). The second-order valence-electron chi connectivity index (χ2n) is 8.79. The third-order valence-corrected chi connectivity index (χ3v) is 6.51. The van der Waals surface area contributed by atoms with E-state index < -0.39 is 0 Å². The van der Waals surface area contributed by atoms with Crippen molar-refractivity contribution in [2.45, 2.75) is 12.8 Å². The van der Waals surface area contributed by atoms with E-state index in [0.29, 0.717) is 18.3 Å². The molecule has 1 aliphatic heterocycles. The van der Waals surface area contributed by atoms with Gasteiger partial charge in [-0.1, -0.05) is 54.6 Å². The zero-order chi connectivity index (χ0) is 23.9. The van der Waals surface area contributed by atoms with Gasteiger partial charge in [0.05, 0.1) is 30.3 Å². The quantitative estimate of drug-likeness (QED) is 0.311. The van der Waals surface area contributed by atoms with Crippen molar-refractivity contribution in [1.29, 1.82) is 0 Å². The molecule has 0 bridgehead atoms. The molecule has 1 aromatic heterocycles. The zero-order valence-corrected chi connectivity index (χ0v) is 20.3. The van der Waals surface area contributed by atoms with Gasteiger partial charge in [-0.25, -0.2) is 4.98 Å². The predicted octanol–water partition coefficient (Wildman–Crippen LogP) is 5.29. The third-order valence-electron chi connectivity index (χ3n) is 6.51. The summed E-state index contributed by atoms with van der Waals surface area (Å²) in [6.45, 7) is 5.91. The van der Waals surface area contributed by atoms with Crippen LogP contribution in [0.5, 0.6) is 11.6 Å². The van der Waals surface area contributed by atoms with Gasteiger partial charge in [0, 0.05) is 31.7 Å². The molecule has 0 N–H and O–H groups in total. The molecular weight excluding hydrogens is 436 g/mol. The average Bonchev–Trinajstić information content (AvgIpc) is 2.93. The van der Waals surface area contributed by atoms with Crippen LogP contribution in [0.2, 0.25) is 0 Å². The maximum Gasteiger partial charge on any atom is 0.225 e. The number of anilines is 1. The molecule has 1 saturated heterocycles. The fourth-order valence-electron chi connectivity index (χ4n) is 4.58. The molecule has 6 heteroatoms. The normalized spacial score (nSPS) is 14.3. The molecule has 35 heavy (non-hydrogen) atoms. The summed E-state index contributed by atoms with van der Waals surface area (Å²) in [6.07, 6.45) is 2.09. The maximum absolute atomic E-state index is 6.18. The van der Waals surface area contributed by atoms with Gasteiger partial charge in [0.15, 0.2) is 5.82 Å². The fourth-order valence-corrected chi connectivity index (χ4v) is 4.58. The van der Waals surface area contributed by atoms with Crippen LogP contribution < -0.4 is 14.4 Å². The van der Waals surface area contributed by atoms with Crippen molar-refractivity contribution < 1.29 is 9.47 Å². The molecule has 0 saturated carbocycles. The minimum absolute atomic E-state index is 0.649. The van der Waals surface area contributed by atoms with Crippen LogP contribution in [0.25, 0.3) is 22.3 Å². The van der Waals surface area contributed by atoms with Crippen LogP contribution in [0.4, 0.5) is 5.69 Å². The Hall–Kier alpha value is -3.64. The Morgan fingerprint density at radius 3 is 2.34 bits per heavy atom. The summed E-state index contributed by atoms with van der Waals surface area (Å²) >= 11 is 0. The summed E-state index contributed by atoms with van der Waals surface area (Å²) in [5, 5.41) is 0.958. The summed E-state index contributed by atoms with van der Waals surface area (Å²) in [7, 11) is 1.74. The topological polar surface area (TPSA) is 50.7 Å². The number of ether oxygens (including phenoxy) is 2. The first kappa shape index (κ1) is 23.1. The molecule has 0 atom stereocenters. The highest BCUT2D eigenvalue weighted by atomic mass is 16.5. The Morgan fingerprint density at radius 1 is 0.771 bits per heavy atom. The van der Waals surface area contributed by atoms with Gasteiger partial charge < -0.3 is 14.4 Å². The Kier molecular flexibility index (Phi) is 7.39. The van der Waals surface area contributed by atoms with Crippen molar-refractivity contribution in [3.05, 3.63) is 78.9 Å². The van der Waals surface area contributed by atoms with E-state index in [-0.39, 0.29) is 0 Å². The molecule has 4 aromatic rings. The minimum atomic E-state index is 0.649. The van der Waals surface area contributed by atoms with E-state index in [9.17, 15) is 0 Å². The van der Waals surface area contributed by atoms with E-state index in [1.165, 1.54) is 5.69 Å². The Morgan fingerprint density at radius 2 is 1.51 bits per heavy atom. The number of fused-ring (bicyclic) bond motifs is 1. The smallest absolute Gasteiger partial charge is 0.225 e. The molecule has 180 valence electrons.